The van der Waals surface area contributed by atoms with Crippen molar-refractivity contribution >= 4 is 17.6 Å². The Balaban J connectivity index is 2.44. The van der Waals surface area contributed by atoms with Crippen molar-refractivity contribution in [3.8, 4) is 5.69 Å². The second kappa shape index (κ2) is 4.41. The molecule has 0 N–H and O–H groups in total. The average Bonchev–Trinajstić information content (AvgIpc) is 2.78. The van der Waals surface area contributed by atoms with E-state index in [-0.39, 0.29) is 5.97 Å². The normalized spacial score (nSPS) is 10.1. The zero-order chi connectivity index (χ0) is 11.5. The van der Waals surface area contributed by atoms with E-state index in [0.717, 1.165) is 5.69 Å². The van der Waals surface area contributed by atoms with E-state index in [4.69, 9.17) is 16.3 Å². The summed E-state index contributed by atoms with van der Waals surface area (Å²) in [6.45, 7) is 0. The molecule has 3 nitrogen and oxygen atoms in total. The van der Waals surface area contributed by atoms with Gasteiger partial charge in [-0.1, -0.05) is 11.6 Å². The van der Waals surface area contributed by atoms with Crippen LogP contribution in [0.25, 0.3) is 5.69 Å². The van der Waals surface area contributed by atoms with Crippen molar-refractivity contribution < 1.29 is 9.53 Å². The Kier molecular flexibility index (Phi) is 2.97. The van der Waals surface area contributed by atoms with Gasteiger partial charge in [-0.2, -0.15) is 0 Å². The van der Waals surface area contributed by atoms with E-state index in [1.165, 1.54) is 7.11 Å². The monoisotopic (exact) mass is 235 g/mol. The Morgan fingerprint density at radius 3 is 2.56 bits per heavy atom. The first-order chi connectivity index (χ1) is 7.72. The summed E-state index contributed by atoms with van der Waals surface area (Å²) in [5, 5.41) is 0.663. The Morgan fingerprint density at radius 2 is 1.94 bits per heavy atom. The number of aromatic nitrogens is 1. The van der Waals surface area contributed by atoms with Gasteiger partial charge < -0.3 is 9.30 Å². The Hall–Kier alpha value is -1.74. The molecule has 4 heteroatoms. The molecule has 1 heterocycles. The van der Waals surface area contributed by atoms with Gasteiger partial charge in [-0.05, 0) is 36.4 Å². The van der Waals surface area contributed by atoms with Crippen molar-refractivity contribution in [2.75, 3.05) is 7.11 Å². The molecular weight excluding hydrogens is 226 g/mol. The molecule has 0 spiro atoms. The van der Waals surface area contributed by atoms with Gasteiger partial charge in [-0.15, -0.1) is 0 Å². The molecule has 2 rings (SSSR count). The van der Waals surface area contributed by atoms with Gasteiger partial charge in [0.15, 0.2) is 0 Å². The van der Waals surface area contributed by atoms with Crippen LogP contribution in [0, 0.1) is 0 Å². The molecule has 0 saturated carbocycles. The third-order valence-electron chi connectivity index (χ3n) is 2.25. The van der Waals surface area contributed by atoms with Crippen molar-refractivity contribution in [3.05, 3.63) is 53.3 Å². The van der Waals surface area contributed by atoms with Crippen LogP contribution in [0.4, 0.5) is 0 Å². The lowest BCUT2D eigenvalue weighted by atomic mass is 10.3. The minimum absolute atomic E-state index is 0.361. The fourth-order valence-electron chi connectivity index (χ4n) is 1.48. The number of rotatable bonds is 2. The van der Waals surface area contributed by atoms with Crippen LogP contribution in [0.3, 0.4) is 0 Å². The minimum Gasteiger partial charge on any atom is -0.464 e. The molecule has 0 aliphatic carbocycles. The van der Waals surface area contributed by atoms with Gasteiger partial charge in [0.05, 0.1) is 7.11 Å². The first-order valence-corrected chi connectivity index (χ1v) is 5.12. The average molecular weight is 236 g/mol. The number of hydrogen-bond acceptors (Lipinski definition) is 2. The first-order valence-electron chi connectivity index (χ1n) is 4.74. The van der Waals surface area contributed by atoms with Crippen LogP contribution in [0.2, 0.25) is 5.02 Å². The van der Waals surface area contributed by atoms with Gasteiger partial charge in [0.1, 0.15) is 5.69 Å². The number of halogens is 1. The fraction of sp³-hybridized carbons (Fsp3) is 0.0833. The molecule has 16 heavy (non-hydrogen) atoms. The van der Waals surface area contributed by atoms with Crippen LogP contribution >= 0.6 is 11.6 Å². The number of esters is 1. The summed E-state index contributed by atoms with van der Waals surface area (Å²) < 4.78 is 6.45. The number of hydrogen-bond donors (Lipinski definition) is 0. The Morgan fingerprint density at radius 1 is 1.25 bits per heavy atom. The molecule has 0 fully saturated rings. The van der Waals surface area contributed by atoms with Crippen molar-refractivity contribution in [1.29, 1.82) is 0 Å². The summed E-state index contributed by atoms with van der Waals surface area (Å²) in [7, 11) is 1.36. The highest BCUT2D eigenvalue weighted by atomic mass is 35.5. The number of ether oxygens (including phenoxy) is 1. The molecule has 0 bridgehead atoms. The molecule has 0 atom stereocenters. The summed E-state index contributed by atoms with van der Waals surface area (Å²) >= 11 is 5.80. The van der Waals surface area contributed by atoms with Crippen molar-refractivity contribution in [2.24, 2.45) is 0 Å². The summed E-state index contributed by atoms with van der Waals surface area (Å²) in [6.07, 6.45) is 1.80. The maximum Gasteiger partial charge on any atom is 0.355 e. The topological polar surface area (TPSA) is 31.2 Å². The molecule has 82 valence electrons. The largest absolute Gasteiger partial charge is 0.464 e. The zero-order valence-corrected chi connectivity index (χ0v) is 9.44. The molecule has 2 aromatic rings. The molecule has 0 aliphatic heterocycles. The van der Waals surface area contributed by atoms with E-state index in [1.807, 2.05) is 12.1 Å². The van der Waals surface area contributed by atoms with Crippen LogP contribution < -0.4 is 0 Å². The van der Waals surface area contributed by atoms with Gasteiger partial charge in [-0.25, -0.2) is 4.79 Å². The highest BCUT2D eigenvalue weighted by Gasteiger charge is 2.11. The number of benzene rings is 1. The maximum atomic E-state index is 11.5. The number of nitrogens with zero attached hydrogens (tertiary/aromatic N) is 1. The van der Waals surface area contributed by atoms with Crippen molar-refractivity contribution in [3.63, 3.8) is 0 Å². The van der Waals surface area contributed by atoms with E-state index in [0.29, 0.717) is 10.7 Å². The predicted molar refractivity (Wildman–Crippen MR) is 62.1 cm³/mol. The van der Waals surface area contributed by atoms with Gasteiger partial charge in [0, 0.05) is 16.9 Å². The molecule has 0 unspecified atom stereocenters. The van der Waals surface area contributed by atoms with Crippen LogP contribution in [0.1, 0.15) is 10.5 Å². The van der Waals surface area contributed by atoms with E-state index in [2.05, 4.69) is 0 Å². The lowest BCUT2D eigenvalue weighted by Crippen LogP contribution is -2.08. The van der Waals surface area contributed by atoms with Crippen molar-refractivity contribution in [2.45, 2.75) is 0 Å². The first kappa shape index (κ1) is 10.8. The standard InChI is InChI=1S/C12H10ClNO2/c1-16-12(15)11-3-2-8-14(11)10-6-4-9(13)5-7-10/h2-8H,1H3. The molecule has 1 aromatic carbocycles. The maximum absolute atomic E-state index is 11.5. The molecule has 0 radical (unpaired) electrons. The van der Waals surface area contributed by atoms with Gasteiger partial charge in [-0.3, -0.25) is 0 Å². The Bertz CT molecular complexity index is 502. The second-order valence-electron chi connectivity index (χ2n) is 3.23. The highest BCUT2D eigenvalue weighted by molar-refractivity contribution is 6.30. The summed E-state index contributed by atoms with van der Waals surface area (Å²) in [5.74, 6) is -0.361. The van der Waals surface area contributed by atoms with Crippen LogP contribution in [0.15, 0.2) is 42.6 Å². The quantitative estimate of drug-likeness (QED) is 0.750. The van der Waals surface area contributed by atoms with E-state index < -0.39 is 0 Å². The number of carbonyl (C=O) groups excluding carboxylic acids is 1. The minimum atomic E-state index is -0.361. The summed E-state index contributed by atoms with van der Waals surface area (Å²) in [4.78, 5) is 11.5. The Labute approximate surface area is 98.2 Å². The van der Waals surface area contributed by atoms with Gasteiger partial charge in [0.25, 0.3) is 0 Å². The van der Waals surface area contributed by atoms with Crippen LogP contribution in [-0.2, 0) is 4.74 Å². The van der Waals surface area contributed by atoms with Crippen LogP contribution in [0.5, 0.6) is 0 Å². The SMILES string of the molecule is COC(=O)c1cccn1-c1ccc(Cl)cc1. The van der Waals surface area contributed by atoms with Gasteiger partial charge >= 0.3 is 5.97 Å². The number of methoxy groups -OCH3 is 1. The lowest BCUT2D eigenvalue weighted by Gasteiger charge is -2.07. The predicted octanol–water partition coefficient (Wildman–Crippen LogP) is 2.92. The highest BCUT2D eigenvalue weighted by Crippen LogP contribution is 2.16. The number of carbonyl (C=O) groups is 1. The van der Waals surface area contributed by atoms with Crippen LogP contribution in [-0.4, -0.2) is 17.6 Å². The van der Waals surface area contributed by atoms with E-state index in [9.17, 15) is 4.79 Å². The van der Waals surface area contributed by atoms with Crippen molar-refractivity contribution in [1.82, 2.24) is 4.57 Å². The summed E-state index contributed by atoms with van der Waals surface area (Å²) in [6, 6.07) is 10.7. The molecular formula is C12H10ClNO2. The third-order valence-corrected chi connectivity index (χ3v) is 2.50. The van der Waals surface area contributed by atoms with E-state index >= 15 is 0 Å². The van der Waals surface area contributed by atoms with Gasteiger partial charge in [0.2, 0.25) is 0 Å². The summed E-state index contributed by atoms with van der Waals surface area (Å²) in [5.41, 5.74) is 1.36. The smallest absolute Gasteiger partial charge is 0.355 e. The zero-order valence-electron chi connectivity index (χ0n) is 8.68. The third kappa shape index (κ3) is 1.95. The molecule has 0 aliphatic rings. The molecule has 1 aromatic heterocycles. The van der Waals surface area contributed by atoms with E-state index in [1.54, 1.807) is 35.0 Å². The molecule has 0 saturated heterocycles. The molecule has 0 amide bonds. The fourth-order valence-corrected chi connectivity index (χ4v) is 1.60. The second-order valence-corrected chi connectivity index (χ2v) is 3.67. The lowest BCUT2D eigenvalue weighted by molar-refractivity contribution is 0.0591.